The maximum atomic E-state index is 2.40. The molecular weight excluding hydrogens is 338 g/mol. The van der Waals surface area contributed by atoms with Crippen LogP contribution in [0.15, 0.2) is 84.9 Å². The molecule has 0 spiro atoms. The van der Waals surface area contributed by atoms with Gasteiger partial charge in [-0.15, -0.1) is 0 Å². The maximum Gasteiger partial charge on any atom is 0.0541 e. The summed E-state index contributed by atoms with van der Waals surface area (Å²) in [6.45, 7) is 6.50. The zero-order chi connectivity index (χ0) is 19.3. The molecule has 0 saturated heterocycles. The van der Waals surface area contributed by atoms with Crippen LogP contribution in [0.25, 0.3) is 38.6 Å². The first-order chi connectivity index (χ1) is 13.6. The predicted molar refractivity (Wildman–Crippen MR) is 120 cm³/mol. The number of aromatic nitrogens is 1. The zero-order valence-electron chi connectivity index (χ0n) is 16.5. The number of hydrogen-bond donors (Lipinski definition) is 0. The van der Waals surface area contributed by atoms with Gasteiger partial charge in [-0.2, -0.15) is 0 Å². The van der Waals surface area contributed by atoms with Gasteiger partial charge >= 0.3 is 0 Å². The van der Waals surface area contributed by atoms with E-state index in [1.54, 1.807) is 0 Å². The molecule has 0 bridgehead atoms. The van der Waals surface area contributed by atoms with E-state index in [-0.39, 0.29) is 0 Å². The van der Waals surface area contributed by atoms with Gasteiger partial charge in [0, 0.05) is 16.5 Å². The normalized spacial score (nSPS) is 11.4. The molecule has 28 heavy (non-hydrogen) atoms. The highest BCUT2D eigenvalue weighted by Gasteiger charge is 2.14. The molecule has 1 heteroatoms. The Kier molecular flexibility index (Phi) is 3.84. The largest absolute Gasteiger partial charge is 0.309 e. The van der Waals surface area contributed by atoms with Crippen molar-refractivity contribution in [2.24, 2.45) is 0 Å². The van der Waals surface area contributed by atoms with E-state index in [2.05, 4.69) is 110 Å². The van der Waals surface area contributed by atoms with Gasteiger partial charge in [-0.3, -0.25) is 0 Å². The fraction of sp³-hybridized carbons (Fsp3) is 0.111. The van der Waals surface area contributed by atoms with Gasteiger partial charge in [-0.1, -0.05) is 54.1 Å². The fourth-order valence-electron chi connectivity index (χ4n) is 4.31. The Bertz CT molecular complexity index is 1300. The van der Waals surface area contributed by atoms with Crippen LogP contribution in [0.1, 0.15) is 16.7 Å². The van der Waals surface area contributed by atoms with Crippen molar-refractivity contribution in [3.05, 3.63) is 102 Å². The molecule has 0 amide bonds. The highest BCUT2D eigenvalue weighted by atomic mass is 15.0. The third-order valence-electron chi connectivity index (χ3n) is 5.49. The van der Waals surface area contributed by atoms with Crippen LogP contribution in [0.2, 0.25) is 0 Å². The van der Waals surface area contributed by atoms with Crippen LogP contribution in [0.4, 0.5) is 0 Å². The van der Waals surface area contributed by atoms with Crippen LogP contribution in [-0.4, -0.2) is 4.57 Å². The highest BCUT2D eigenvalue weighted by molar-refractivity contribution is 6.10. The van der Waals surface area contributed by atoms with Crippen molar-refractivity contribution >= 4 is 21.8 Å². The summed E-state index contributed by atoms with van der Waals surface area (Å²) < 4.78 is 2.40. The fourth-order valence-corrected chi connectivity index (χ4v) is 4.31. The Hall–Kier alpha value is -3.32. The van der Waals surface area contributed by atoms with Crippen molar-refractivity contribution in [2.45, 2.75) is 20.8 Å². The van der Waals surface area contributed by atoms with Crippen LogP contribution in [0.3, 0.4) is 0 Å². The standard InChI is InChI=1S/C27H23N/c1-18-9-11-26-24(16-18)25-17-22(21-7-5-4-6-8-21)10-12-27(25)28(26)23-14-19(2)13-20(3)15-23/h4-17H,1-3H3. The minimum absolute atomic E-state index is 1.23. The molecule has 0 fully saturated rings. The Morgan fingerprint density at radius 3 is 1.86 bits per heavy atom. The first-order valence-electron chi connectivity index (χ1n) is 9.79. The van der Waals surface area contributed by atoms with Gasteiger partial charge in [0.05, 0.1) is 11.0 Å². The second-order valence-electron chi connectivity index (χ2n) is 7.80. The second kappa shape index (κ2) is 6.38. The molecule has 5 rings (SSSR count). The molecule has 136 valence electrons. The van der Waals surface area contributed by atoms with Crippen molar-refractivity contribution in [1.82, 2.24) is 4.57 Å². The van der Waals surface area contributed by atoms with Crippen LogP contribution in [-0.2, 0) is 0 Å². The molecule has 0 saturated carbocycles. The lowest BCUT2D eigenvalue weighted by Gasteiger charge is -2.10. The van der Waals surface area contributed by atoms with Gasteiger partial charge in [0.25, 0.3) is 0 Å². The van der Waals surface area contributed by atoms with Gasteiger partial charge in [0.1, 0.15) is 0 Å². The van der Waals surface area contributed by atoms with Crippen molar-refractivity contribution in [1.29, 1.82) is 0 Å². The SMILES string of the molecule is Cc1cc(C)cc(-n2c3ccc(C)cc3c3cc(-c4ccccc4)ccc32)c1. The molecule has 0 radical (unpaired) electrons. The summed E-state index contributed by atoms with van der Waals surface area (Å²) in [6.07, 6.45) is 0. The molecule has 0 N–H and O–H groups in total. The molecule has 5 aromatic rings. The van der Waals surface area contributed by atoms with E-state index >= 15 is 0 Å². The number of aryl methyl sites for hydroxylation is 3. The van der Waals surface area contributed by atoms with Gasteiger partial charge in [-0.05, 0) is 79.4 Å². The van der Waals surface area contributed by atoms with Crippen LogP contribution < -0.4 is 0 Å². The van der Waals surface area contributed by atoms with Crippen LogP contribution >= 0.6 is 0 Å². The van der Waals surface area contributed by atoms with E-state index < -0.39 is 0 Å². The Labute approximate surface area is 165 Å². The molecule has 0 aliphatic rings. The number of fused-ring (bicyclic) bond motifs is 3. The van der Waals surface area contributed by atoms with E-state index in [1.165, 1.54) is 55.3 Å². The first kappa shape index (κ1) is 16.8. The molecule has 1 aromatic heterocycles. The average molecular weight is 361 g/mol. The maximum absolute atomic E-state index is 2.40. The predicted octanol–water partition coefficient (Wildman–Crippen LogP) is 7.38. The quantitative estimate of drug-likeness (QED) is 0.309. The van der Waals surface area contributed by atoms with Gasteiger partial charge in [-0.25, -0.2) is 0 Å². The van der Waals surface area contributed by atoms with Crippen LogP contribution in [0.5, 0.6) is 0 Å². The van der Waals surface area contributed by atoms with E-state index in [0.717, 1.165) is 0 Å². The van der Waals surface area contributed by atoms with E-state index in [0.29, 0.717) is 0 Å². The van der Waals surface area contributed by atoms with Crippen molar-refractivity contribution < 1.29 is 0 Å². The van der Waals surface area contributed by atoms with Crippen LogP contribution in [0, 0.1) is 20.8 Å². The summed E-state index contributed by atoms with van der Waals surface area (Å²) in [6, 6.07) is 31.0. The highest BCUT2D eigenvalue weighted by Crippen LogP contribution is 2.35. The summed E-state index contributed by atoms with van der Waals surface area (Å²) in [4.78, 5) is 0. The van der Waals surface area contributed by atoms with E-state index in [1.807, 2.05) is 0 Å². The molecule has 1 nitrogen and oxygen atoms in total. The molecular formula is C27H23N. The lowest BCUT2D eigenvalue weighted by molar-refractivity contribution is 1.16. The first-order valence-corrected chi connectivity index (χ1v) is 9.79. The summed E-state index contributed by atoms with van der Waals surface area (Å²) in [5.41, 5.74) is 10.1. The number of hydrogen-bond acceptors (Lipinski definition) is 0. The summed E-state index contributed by atoms with van der Waals surface area (Å²) in [5.74, 6) is 0. The van der Waals surface area contributed by atoms with Gasteiger partial charge in [0.2, 0.25) is 0 Å². The lowest BCUT2D eigenvalue weighted by atomic mass is 10.0. The van der Waals surface area contributed by atoms with E-state index in [9.17, 15) is 0 Å². The lowest BCUT2D eigenvalue weighted by Crippen LogP contribution is -1.95. The smallest absolute Gasteiger partial charge is 0.0541 e. The minimum atomic E-state index is 1.23. The van der Waals surface area contributed by atoms with Crippen molar-refractivity contribution in [3.63, 3.8) is 0 Å². The zero-order valence-corrected chi connectivity index (χ0v) is 16.5. The summed E-state index contributed by atoms with van der Waals surface area (Å²) >= 11 is 0. The number of rotatable bonds is 2. The monoisotopic (exact) mass is 361 g/mol. The molecule has 0 unspecified atom stereocenters. The van der Waals surface area contributed by atoms with E-state index in [4.69, 9.17) is 0 Å². The number of benzene rings is 4. The second-order valence-corrected chi connectivity index (χ2v) is 7.80. The third kappa shape index (κ3) is 2.71. The third-order valence-corrected chi connectivity index (χ3v) is 5.49. The summed E-state index contributed by atoms with van der Waals surface area (Å²) in [5, 5.41) is 2.62. The molecule has 0 atom stereocenters. The molecule has 1 heterocycles. The Balaban J connectivity index is 1.87. The number of nitrogens with zero attached hydrogens (tertiary/aromatic N) is 1. The van der Waals surface area contributed by atoms with Gasteiger partial charge in [0.15, 0.2) is 0 Å². The Morgan fingerprint density at radius 2 is 1.14 bits per heavy atom. The minimum Gasteiger partial charge on any atom is -0.309 e. The average Bonchev–Trinajstić information content (AvgIpc) is 3.01. The Morgan fingerprint density at radius 1 is 0.500 bits per heavy atom. The van der Waals surface area contributed by atoms with Crippen molar-refractivity contribution in [2.75, 3.05) is 0 Å². The van der Waals surface area contributed by atoms with Crippen molar-refractivity contribution in [3.8, 4) is 16.8 Å². The molecule has 0 aliphatic heterocycles. The topological polar surface area (TPSA) is 4.93 Å². The molecule has 4 aromatic carbocycles. The van der Waals surface area contributed by atoms with Gasteiger partial charge < -0.3 is 4.57 Å². The molecule has 0 aliphatic carbocycles. The summed E-state index contributed by atoms with van der Waals surface area (Å²) in [7, 11) is 0.